The van der Waals surface area contributed by atoms with Crippen molar-refractivity contribution in [2.75, 3.05) is 38.2 Å². The van der Waals surface area contributed by atoms with Crippen molar-refractivity contribution in [1.29, 1.82) is 0 Å². The lowest BCUT2D eigenvalue weighted by Crippen LogP contribution is -2.33. The molecule has 0 radical (unpaired) electrons. The molecule has 1 aromatic rings. The Balaban J connectivity index is 1.66. The molecule has 0 bridgehead atoms. The van der Waals surface area contributed by atoms with Crippen molar-refractivity contribution in [3.63, 3.8) is 0 Å². The average molecular weight is 283 g/mol. The maximum atomic E-state index is 6.27. The molecule has 2 aliphatic heterocycles. The molecule has 3 rings (SSSR count). The minimum Gasteiger partial charge on any atom is -0.486 e. The van der Waals surface area contributed by atoms with Gasteiger partial charge in [-0.2, -0.15) is 0 Å². The maximum absolute atomic E-state index is 6.27. The molecule has 1 atom stereocenters. The molecule has 0 aliphatic carbocycles. The van der Waals surface area contributed by atoms with Gasteiger partial charge < -0.3 is 20.1 Å². The summed E-state index contributed by atoms with van der Waals surface area (Å²) in [5, 5.41) is 7.53. The second-order valence-corrected chi connectivity index (χ2v) is 5.48. The lowest BCUT2D eigenvalue weighted by Gasteiger charge is -2.24. The first-order valence-electron chi connectivity index (χ1n) is 6.86. The molecular weight excluding hydrogens is 264 g/mol. The van der Waals surface area contributed by atoms with Gasteiger partial charge in [0.25, 0.3) is 0 Å². The van der Waals surface area contributed by atoms with E-state index < -0.39 is 0 Å². The normalized spacial score (nSPS) is 22.1. The Morgan fingerprint density at radius 2 is 2.05 bits per heavy atom. The van der Waals surface area contributed by atoms with E-state index in [4.69, 9.17) is 21.1 Å². The molecule has 2 aliphatic rings. The van der Waals surface area contributed by atoms with Crippen molar-refractivity contribution in [2.45, 2.75) is 12.8 Å². The maximum Gasteiger partial charge on any atom is 0.163 e. The Morgan fingerprint density at radius 3 is 2.79 bits per heavy atom. The summed E-state index contributed by atoms with van der Waals surface area (Å²) in [7, 11) is 0. The van der Waals surface area contributed by atoms with E-state index in [0.29, 0.717) is 24.2 Å². The Morgan fingerprint density at radius 1 is 1.26 bits per heavy atom. The Bertz CT molecular complexity index is 447. The van der Waals surface area contributed by atoms with Crippen LogP contribution in [-0.2, 0) is 0 Å². The van der Waals surface area contributed by atoms with Crippen LogP contribution in [0, 0.1) is 5.92 Å². The van der Waals surface area contributed by atoms with Gasteiger partial charge in [-0.3, -0.25) is 0 Å². The van der Waals surface area contributed by atoms with Gasteiger partial charge in [-0.1, -0.05) is 11.6 Å². The highest BCUT2D eigenvalue weighted by Gasteiger charge is 2.17. The van der Waals surface area contributed by atoms with E-state index in [1.165, 1.54) is 12.8 Å². The number of rotatable bonds is 3. The topological polar surface area (TPSA) is 42.5 Å². The zero-order chi connectivity index (χ0) is 13.1. The highest BCUT2D eigenvalue weighted by atomic mass is 35.5. The fourth-order valence-electron chi connectivity index (χ4n) is 2.55. The van der Waals surface area contributed by atoms with Gasteiger partial charge in [0.15, 0.2) is 11.5 Å². The van der Waals surface area contributed by atoms with Crippen LogP contribution >= 0.6 is 11.6 Å². The van der Waals surface area contributed by atoms with Crippen LogP contribution in [0.1, 0.15) is 12.8 Å². The van der Waals surface area contributed by atoms with Gasteiger partial charge in [-0.05, 0) is 31.8 Å². The first-order chi connectivity index (χ1) is 9.33. The lowest BCUT2D eigenvalue weighted by molar-refractivity contribution is 0.171. The SMILES string of the molecule is Clc1cc2c(cc1NCC1CCCNC1)OCCO2. The van der Waals surface area contributed by atoms with E-state index in [2.05, 4.69) is 10.6 Å². The molecule has 0 saturated carbocycles. The molecular formula is C14H19ClN2O2. The Labute approximate surface area is 118 Å². The van der Waals surface area contributed by atoms with Gasteiger partial charge in [-0.15, -0.1) is 0 Å². The summed E-state index contributed by atoms with van der Waals surface area (Å²) < 4.78 is 11.1. The van der Waals surface area contributed by atoms with Gasteiger partial charge in [0.1, 0.15) is 13.2 Å². The number of halogens is 1. The second kappa shape index (κ2) is 5.88. The molecule has 19 heavy (non-hydrogen) atoms. The van der Waals surface area contributed by atoms with E-state index in [-0.39, 0.29) is 0 Å². The van der Waals surface area contributed by atoms with Crippen molar-refractivity contribution in [3.05, 3.63) is 17.2 Å². The zero-order valence-corrected chi connectivity index (χ0v) is 11.6. The molecule has 104 valence electrons. The van der Waals surface area contributed by atoms with Crippen LogP contribution in [0.25, 0.3) is 0 Å². The van der Waals surface area contributed by atoms with Crippen LogP contribution in [0.2, 0.25) is 5.02 Å². The van der Waals surface area contributed by atoms with Crippen molar-refractivity contribution in [1.82, 2.24) is 5.32 Å². The molecule has 0 spiro atoms. The number of piperidine rings is 1. The Kier molecular flexibility index (Phi) is 3.99. The summed E-state index contributed by atoms with van der Waals surface area (Å²) in [4.78, 5) is 0. The largest absolute Gasteiger partial charge is 0.486 e. The molecule has 1 saturated heterocycles. The molecule has 1 aromatic carbocycles. The third kappa shape index (κ3) is 3.07. The van der Waals surface area contributed by atoms with Crippen LogP contribution < -0.4 is 20.1 Å². The van der Waals surface area contributed by atoms with E-state index in [1.807, 2.05) is 12.1 Å². The van der Waals surface area contributed by atoms with Gasteiger partial charge >= 0.3 is 0 Å². The highest BCUT2D eigenvalue weighted by Crippen LogP contribution is 2.38. The molecule has 2 heterocycles. The quantitative estimate of drug-likeness (QED) is 0.894. The number of hydrogen-bond donors (Lipinski definition) is 2. The van der Waals surface area contributed by atoms with Crippen LogP contribution in [0.5, 0.6) is 11.5 Å². The minimum absolute atomic E-state index is 0.587. The Hall–Kier alpha value is -1.13. The van der Waals surface area contributed by atoms with Crippen LogP contribution in [0.3, 0.4) is 0 Å². The fourth-order valence-corrected chi connectivity index (χ4v) is 2.77. The molecule has 2 N–H and O–H groups in total. The van der Waals surface area contributed by atoms with E-state index in [0.717, 1.165) is 36.8 Å². The zero-order valence-electron chi connectivity index (χ0n) is 10.9. The average Bonchev–Trinajstić information content (AvgIpc) is 2.46. The first-order valence-corrected chi connectivity index (χ1v) is 7.24. The standard InChI is InChI=1S/C14H19ClN2O2/c15-11-6-13-14(19-5-4-18-13)7-12(11)17-9-10-2-1-3-16-8-10/h6-7,10,16-17H,1-5,8-9H2. The van der Waals surface area contributed by atoms with E-state index >= 15 is 0 Å². The van der Waals surface area contributed by atoms with Crippen LogP contribution in [0.15, 0.2) is 12.1 Å². The van der Waals surface area contributed by atoms with Crippen molar-refractivity contribution >= 4 is 17.3 Å². The summed E-state index contributed by atoms with van der Waals surface area (Å²) >= 11 is 6.27. The molecule has 4 nitrogen and oxygen atoms in total. The highest BCUT2D eigenvalue weighted by molar-refractivity contribution is 6.33. The second-order valence-electron chi connectivity index (χ2n) is 5.07. The number of ether oxygens (including phenoxy) is 2. The molecule has 1 fully saturated rings. The molecule has 0 amide bonds. The number of fused-ring (bicyclic) bond motifs is 1. The van der Waals surface area contributed by atoms with Crippen molar-refractivity contribution in [2.24, 2.45) is 5.92 Å². The molecule has 0 aromatic heterocycles. The third-order valence-electron chi connectivity index (χ3n) is 3.61. The number of anilines is 1. The van der Waals surface area contributed by atoms with Gasteiger partial charge in [0, 0.05) is 18.7 Å². The number of benzene rings is 1. The van der Waals surface area contributed by atoms with E-state index in [1.54, 1.807) is 0 Å². The van der Waals surface area contributed by atoms with Crippen molar-refractivity contribution < 1.29 is 9.47 Å². The summed E-state index contributed by atoms with van der Waals surface area (Å²) in [6.45, 7) is 4.34. The fraction of sp³-hybridized carbons (Fsp3) is 0.571. The monoisotopic (exact) mass is 282 g/mol. The van der Waals surface area contributed by atoms with Crippen LogP contribution in [0.4, 0.5) is 5.69 Å². The van der Waals surface area contributed by atoms with Crippen LogP contribution in [-0.4, -0.2) is 32.8 Å². The summed E-state index contributed by atoms with van der Waals surface area (Å²) in [5.74, 6) is 2.18. The van der Waals surface area contributed by atoms with Gasteiger partial charge in [-0.25, -0.2) is 0 Å². The van der Waals surface area contributed by atoms with Crippen molar-refractivity contribution in [3.8, 4) is 11.5 Å². The smallest absolute Gasteiger partial charge is 0.163 e. The number of hydrogen-bond acceptors (Lipinski definition) is 4. The predicted octanol–water partition coefficient (Wildman–Crippen LogP) is 2.52. The first kappa shape index (κ1) is 12.9. The minimum atomic E-state index is 0.587. The van der Waals surface area contributed by atoms with E-state index in [9.17, 15) is 0 Å². The summed E-state index contributed by atoms with van der Waals surface area (Å²) in [6, 6.07) is 3.77. The number of nitrogens with one attached hydrogen (secondary N) is 2. The third-order valence-corrected chi connectivity index (χ3v) is 3.92. The summed E-state index contributed by atoms with van der Waals surface area (Å²) in [5.41, 5.74) is 0.927. The van der Waals surface area contributed by atoms with Gasteiger partial charge in [0.05, 0.1) is 10.7 Å². The molecule has 1 unspecified atom stereocenters. The molecule has 5 heteroatoms. The predicted molar refractivity (Wildman–Crippen MR) is 76.5 cm³/mol. The van der Waals surface area contributed by atoms with Gasteiger partial charge in [0.2, 0.25) is 0 Å². The lowest BCUT2D eigenvalue weighted by atomic mass is 10.00. The summed E-state index contributed by atoms with van der Waals surface area (Å²) in [6.07, 6.45) is 2.52.